The molecule has 0 amide bonds. The predicted octanol–water partition coefficient (Wildman–Crippen LogP) is 2.75. The smallest absolute Gasteiger partial charge is 0.191 e. The summed E-state index contributed by atoms with van der Waals surface area (Å²) in [5.74, 6) is 1.02. The summed E-state index contributed by atoms with van der Waals surface area (Å²) in [6.07, 6.45) is 4.16. The van der Waals surface area contributed by atoms with Crippen molar-refractivity contribution in [1.82, 2.24) is 20.4 Å². The van der Waals surface area contributed by atoms with Crippen molar-refractivity contribution in [3.63, 3.8) is 0 Å². The molecule has 0 saturated heterocycles. The van der Waals surface area contributed by atoms with Gasteiger partial charge < -0.3 is 21.5 Å². The van der Waals surface area contributed by atoms with E-state index in [-0.39, 0.29) is 18.2 Å². The number of benzene rings is 1. The van der Waals surface area contributed by atoms with E-state index in [1.165, 1.54) is 16.8 Å². The minimum Gasteiger partial charge on any atom is -0.396 e. The van der Waals surface area contributed by atoms with Crippen LogP contribution in [0.2, 0.25) is 0 Å². The number of nitrogen functional groups attached to an aromatic ring is 1. The molecule has 0 aliphatic rings. The van der Waals surface area contributed by atoms with Gasteiger partial charge >= 0.3 is 0 Å². The first kappa shape index (κ1) is 25.1. The van der Waals surface area contributed by atoms with Crippen LogP contribution in [-0.2, 0) is 6.42 Å². The van der Waals surface area contributed by atoms with E-state index in [4.69, 9.17) is 5.73 Å². The molecule has 8 nitrogen and oxygen atoms in total. The van der Waals surface area contributed by atoms with E-state index < -0.39 is 0 Å². The second-order valence-electron chi connectivity index (χ2n) is 7.62. The monoisotopic (exact) mass is 443 g/mol. The Morgan fingerprint density at radius 2 is 2.03 bits per heavy atom. The quantitative estimate of drug-likeness (QED) is 0.227. The third-order valence-corrected chi connectivity index (χ3v) is 5.15. The molecule has 174 valence electrons. The normalized spacial score (nSPS) is 12.4. The fourth-order valence-corrected chi connectivity index (χ4v) is 3.50. The zero-order chi connectivity index (χ0) is 23.3. The van der Waals surface area contributed by atoms with Crippen molar-refractivity contribution in [1.29, 1.82) is 5.26 Å². The molecule has 1 unspecified atom stereocenters. The molecule has 32 heavy (non-hydrogen) atoms. The minimum atomic E-state index is -0.346. The molecule has 2 rings (SSSR count). The lowest BCUT2D eigenvalue weighted by Gasteiger charge is -2.15. The van der Waals surface area contributed by atoms with Gasteiger partial charge in [0.1, 0.15) is 23.3 Å². The van der Waals surface area contributed by atoms with Crippen LogP contribution in [0.25, 0.3) is 5.69 Å². The van der Waals surface area contributed by atoms with Gasteiger partial charge in [-0.25, -0.2) is 9.07 Å². The second kappa shape index (κ2) is 13.3. The number of hydrogen-bond donors (Lipinski definition) is 4. The van der Waals surface area contributed by atoms with Gasteiger partial charge in [-0.2, -0.15) is 10.4 Å². The molecule has 0 radical (unpaired) electrons. The van der Waals surface area contributed by atoms with Crippen molar-refractivity contribution in [2.75, 3.05) is 32.0 Å². The first-order chi connectivity index (χ1) is 15.5. The summed E-state index contributed by atoms with van der Waals surface area (Å²) in [6.45, 7) is 6.40. The maximum absolute atomic E-state index is 13.2. The lowest BCUT2D eigenvalue weighted by Crippen LogP contribution is -2.38. The zero-order valence-corrected chi connectivity index (χ0v) is 18.9. The summed E-state index contributed by atoms with van der Waals surface area (Å²) < 4.78 is 14.7. The van der Waals surface area contributed by atoms with Gasteiger partial charge in [0, 0.05) is 26.2 Å². The molecule has 1 heterocycles. The number of aliphatic imine (C=N–C) groups is 1. The number of rotatable bonds is 12. The molecule has 0 aliphatic heterocycles. The Hall–Kier alpha value is -3.12. The summed E-state index contributed by atoms with van der Waals surface area (Å²) in [5, 5.41) is 29.8. The molecule has 0 fully saturated rings. The molecule has 1 aromatic heterocycles. The summed E-state index contributed by atoms with van der Waals surface area (Å²) in [6, 6.07) is 7.95. The van der Waals surface area contributed by atoms with Gasteiger partial charge in [-0.05, 0) is 62.8 Å². The van der Waals surface area contributed by atoms with Crippen LogP contribution in [-0.4, -0.2) is 47.1 Å². The van der Waals surface area contributed by atoms with Crippen molar-refractivity contribution < 1.29 is 9.50 Å². The van der Waals surface area contributed by atoms with Crippen LogP contribution in [0.5, 0.6) is 0 Å². The van der Waals surface area contributed by atoms with Crippen LogP contribution in [0.3, 0.4) is 0 Å². The first-order valence-corrected chi connectivity index (χ1v) is 11.2. The Morgan fingerprint density at radius 3 is 2.66 bits per heavy atom. The lowest BCUT2D eigenvalue weighted by molar-refractivity contribution is 0.253. The van der Waals surface area contributed by atoms with Crippen molar-refractivity contribution in [3.8, 4) is 11.8 Å². The topological polar surface area (TPSA) is 124 Å². The number of aliphatic hydroxyl groups is 1. The Bertz CT molecular complexity index is 896. The van der Waals surface area contributed by atoms with Gasteiger partial charge in [-0.1, -0.05) is 13.3 Å². The van der Waals surface area contributed by atoms with Crippen LogP contribution in [0.1, 0.15) is 50.8 Å². The number of halogens is 1. The Kier molecular flexibility index (Phi) is 10.5. The van der Waals surface area contributed by atoms with E-state index in [0.717, 1.165) is 38.2 Å². The van der Waals surface area contributed by atoms with Crippen molar-refractivity contribution in [3.05, 3.63) is 41.3 Å². The van der Waals surface area contributed by atoms with Gasteiger partial charge in [0.2, 0.25) is 0 Å². The average molecular weight is 444 g/mol. The largest absolute Gasteiger partial charge is 0.396 e. The van der Waals surface area contributed by atoms with Gasteiger partial charge in [0.15, 0.2) is 5.96 Å². The molecule has 1 atom stereocenters. The highest BCUT2D eigenvalue weighted by atomic mass is 19.1. The maximum Gasteiger partial charge on any atom is 0.191 e. The lowest BCUT2D eigenvalue weighted by atomic mass is 10.0. The molecule has 0 bridgehead atoms. The van der Waals surface area contributed by atoms with Gasteiger partial charge in [0.05, 0.1) is 11.4 Å². The SMILES string of the molecule is CCCC(CCO)CN=C(NCC)NCCCc1nn(-c2ccc(F)cc2)c(N)c1C#N. The zero-order valence-electron chi connectivity index (χ0n) is 18.9. The predicted molar refractivity (Wildman–Crippen MR) is 125 cm³/mol. The summed E-state index contributed by atoms with van der Waals surface area (Å²) in [7, 11) is 0. The third kappa shape index (κ3) is 7.24. The van der Waals surface area contributed by atoms with E-state index in [1.807, 2.05) is 6.92 Å². The summed E-state index contributed by atoms with van der Waals surface area (Å²) in [4.78, 5) is 4.65. The maximum atomic E-state index is 13.2. The fraction of sp³-hybridized carbons (Fsp3) is 0.522. The number of anilines is 1. The highest BCUT2D eigenvalue weighted by Gasteiger charge is 2.16. The number of nitrogens with one attached hydrogen (secondary N) is 2. The number of nitriles is 1. The van der Waals surface area contributed by atoms with Gasteiger partial charge in [-0.3, -0.25) is 4.99 Å². The van der Waals surface area contributed by atoms with E-state index in [1.54, 1.807) is 12.1 Å². The highest BCUT2D eigenvalue weighted by molar-refractivity contribution is 5.79. The van der Waals surface area contributed by atoms with Crippen molar-refractivity contribution in [2.45, 2.75) is 46.0 Å². The molecule has 5 N–H and O–H groups in total. The first-order valence-electron chi connectivity index (χ1n) is 11.2. The number of guanidine groups is 1. The highest BCUT2D eigenvalue weighted by Crippen LogP contribution is 2.21. The van der Waals surface area contributed by atoms with E-state index in [2.05, 4.69) is 33.7 Å². The van der Waals surface area contributed by atoms with Crippen LogP contribution in [0.4, 0.5) is 10.2 Å². The molecule has 9 heteroatoms. The number of nitrogens with two attached hydrogens (primary N) is 1. The van der Waals surface area contributed by atoms with Crippen molar-refractivity contribution in [2.24, 2.45) is 10.9 Å². The Morgan fingerprint density at radius 1 is 1.28 bits per heavy atom. The number of aromatic nitrogens is 2. The molecular weight excluding hydrogens is 409 g/mol. The molecule has 0 saturated carbocycles. The molecule has 0 spiro atoms. The molecule has 0 aliphatic carbocycles. The van der Waals surface area contributed by atoms with E-state index in [0.29, 0.717) is 42.4 Å². The summed E-state index contributed by atoms with van der Waals surface area (Å²) >= 11 is 0. The van der Waals surface area contributed by atoms with Gasteiger partial charge in [-0.15, -0.1) is 0 Å². The van der Waals surface area contributed by atoms with Crippen LogP contribution in [0.15, 0.2) is 29.3 Å². The van der Waals surface area contributed by atoms with E-state index >= 15 is 0 Å². The van der Waals surface area contributed by atoms with Crippen molar-refractivity contribution >= 4 is 11.8 Å². The molecule has 2 aromatic rings. The van der Waals surface area contributed by atoms with E-state index in [9.17, 15) is 14.8 Å². The standard InChI is InChI=1S/C23H34FN7O/c1-3-6-17(12-14-32)16-29-23(27-4-2)28-13-5-7-21-20(15-25)22(26)31(30-21)19-10-8-18(24)9-11-19/h8-11,17,32H,3-7,12-14,16,26H2,1-2H3,(H2,27,28,29). The van der Waals surface area contributed by atoms with Crippen LogP contribution in [0, 0.1) is 23.1 Å². The number of hydrogen-bond acceptors (Lipinski definition) is 5. The number of nitrogens with zero attached hydrogens (tertiary/aromatic N) is 4. The number of aliphatic hydroxyl groups excluding tert-OH is 1. The van der Waals surface area contributed by atoms with Gasteiger partial charge in [0.25, 0.3) is 0 Å². The Labute approximate surface area is 189 Å². The molecule has 1 aromatic carbocycles. The van der Waals surface area contributed by atoms with Crippen LogP contribution < -0.4 is 16.4 Å². The second-order valence-corrected chi connectivity index (χ2v) is 7.62. The number of aryl methyl sites for hydroxylation is 1. The minimum absolute atomic E-state index is 0.180. The third-order valence-electron chi connectivity index (χ3n) is 5.15. The fourth-order valence-electron chi connectivity index (χ4n) is 3.50. The average Bonchev–Trinajstić information content (AvgIpc) is 3.10. The van der Waals surface area contributed by atoms with Crippen LogP contribution >= 0.6 is 0 Å². The molecular formula is C23H34FN7O. The summed E-state index contributed by atoms with van der Waals surface area (Å²) in [5.41, 5.74) is 7.69. The Balaban J connectivity index is 1.98.